The van der Waals surface area contributed by atoms with Gasteiger partial charge in [0.2, 0.25) is 0 Å². The monoisotopic (exact) mass is 471 g/mol. The average Bonchev–Trinajstić information content (AvgIpc) is 2.91. The Balaban J connectivity index is 1.99. The van der Waals surface area contributed by atoms with Gasteiger partial charge in [0, 0.05) is 12.2 Å². The topological polar surface area (TPSA) is 103 Å². The van der Waals surface area contributed by atoms with Crippen LogP contribution in [0.15, 0.2) is 39.7 Å². The first kappa shape index (κ1) is 19.9. The highest BCUT2D eigenvalue weighted by Gasteiger charge is 2.22. The van der Waals surface area contributed by atoms with Crippen LogP contribution in [0, 0.1) is 5.41 Å². The maximum absolute atomic E-state index is 12.7. The van der Waals surface area contributed by atoms with Crippen LogP contribution in [0.1, 0.15) is 20.8 Å². The van der Waals surface area contributed by atoms with E-state index in [1.54, 1.807) is 16.8 Å². The smallest absolute Gasteiger partial charge is 0.263 e. The summed E-state index contributed by atoms with van der Waals surface area (Å²) in [5.41, 5.74) is 7.77. The molecular weight excluding hydrogens is 454 g/mol. The van der Waals surface area contributed by atoms with Crippen molar-refractivity contribution in [1.82, 2.24) is 15.0 Å². The lowest BCUT2D eigenvalue weighted by atomic mass is 9.97. The largest absolute Gasteiger partial charge is 0.399 e. The number of aromatic nitrogens is 3. The predicted molar refractivity (Wildman–Crippen MR) is 111 cm³/mol. The molecule has 144 valence electrons. The van der Waals surface area contributed by atoms with Crippen molar-refractivity contribution in [2.45, 2.75) is 32.2 Å². The molecule has 0 spiro atoms. The zero-order valence-electron chi connectivity index (χ0n) is 15.0. The quantitative estimate of drug-likeness (QED) is 0.552. The Morgan fingerprint density at radius 3 is 2.59 bits per heavy atom. The predicted octanol–water partition coefficient (Wildman–Crippen LogP) is 4.28. The summed E-state index contributed by atoms with van der Waals surface area (Å²) in [6.07, 6.45) is 0. The molecule has 0 aliphatic carbocycles. The molecule has 0 saturated carbocycles. The number of halogens is 2. The van der Waals surface area contributed by atoms with Crippen molar-refractivity contribution in [2.75, 3.05) is 10.5 Å². The van der Waals surface area contributed by atoms with Crippen LogP contribution in [-0.2, 0) is 16.6 Å². The first-order chi connectivity index (χ1) is 12.5. The second-order valence-electron chi connectivity index (χ2n) is 7.40. The highest BCUT2D eigenvalue weighted by atomic mass is 79.9. The van der Waals surface area contributed by atoms with Crippen LogP contribution >= 0.6 is 27.5 Å². The summed E-state index contributed by atoms with van der Waals surface area (Å²) in [4.78, 5) is -0.0539. The molecule has 1 heterocycles. The Morgan fingerprint density at radius 1 is 1.26 bits per heavy atom. The van der Waals surface area contributed by atoms with E-state index in [0.29, 0.717) is 27.9 Å². The third-order valence-electron chi connectivity index (χ3n) is 3.74. The van der Waals surface area contributed by atoms with Gasteiger partial charge in [-0.05, 0) is 51.7 Å². The van der Waals surface area contributed by atoms with E-state index in [0.717, 1.165) is 5.52 Å². The van der Waals surface area contributed by atoms with E-state index in [4.69, 9.17) is 17.3 Å². The number of hydrogen-bond acceptors (Lipinski definition) is 5. The number of nitrogens with zero attached hydrogens (tertiary/aromatic N) is 3. The number of nitrogens with one attached hydrogen (secondary N) is 1. The van der Waals surface area contributed by atoms with Crippen molar-refractivity contribution in [2.24, 2.45) is 5.41 Å². The summed E-state index contributed by atoms with van der Waals surface area (Å²) in [5.74, 6) is 0. The summed E-state index contributed by atoms with van der Waals surface area (Å²) >= 11 is 9.48. The van der Waals surface area contributed by atoms with E-state index >= 15 is 0 Å². The fourth-order valence-electron chi connectivity index (χ4n) is 2.58. The molecule has 0 bridgehead atoms. The summed E-state index contributed by atoms with van der Waals surface area (Å²) in [6.45, 7) is 7.00. The van der Waals surface area contributed by atoms with Gasteiger partial charge in [0.15, 0.2) is 0 Å². The van der Waals surface area contributed by atoms with Crippen LogP contribution < -0.4 is 10.5 Å². The third-order valence-corrected chi connectivity index (χ3v) is 6.39. The lowest BCUT2D eigenvalue weighted by Gasteiger charge is -2.18. The number of rotatable bonds is 4. The van der Waals surface area contributed by atoms with Crippen LogP contribution in [0.5, 0.6) is 0 Å². The zero-order valence-corrected chi connectivity index (χ0v) is 18.2. The molecule has 2 aromatic carbocycles. The van der Waals surface area contributed by atoms with Gasteiger partial charge >= 0.3 is 0 Å². The van der Waals surface area contributed by atoms with Gasteiger partial charge in [-0.2, -0.15) is 0 Å². The van der Waals surface area contributed by atoms with Gasteiger partial charge in [-0.1, -0.05) is 37.6 Å². The maximum atomic E-state index is 12.7. The molecule has 0 aliphatic rings. The van der Waals surface area contributed by atoms with Crippen molar-refractivity contribution in [3.63, 3.8) is 0 Å². The minimum atomic E-state index is -3.90. The highest BCUT2D eigenvalue weighted by Crippen LogP contribution is 2.33. The molecule has 3 aromatic rings. The molecule has 0 saturated heterocycles. The summed E-state index contributed by atoms with van der Waals surface area (Å²) in [6, 6.07) is 7.70. The van der Waals surface area contributed by atoms with E-state index in [9.17, 15) is 8.42 Å². The molecule has 0 unspecified atom stereocenters. The molecule has 7 nitrogen and oxygen atoms in total. The molecule has 0 radical (unpaired) electrons. The number of sulfonamides is 1. The van der Waals surface area contributed by atoms with E-state index < -0.39 is 10.0 Å². The Bertz CT molecular complexity index is 1120. The average molecular weight is 473 g/mol. The van der Waals surface area contributed by atoms with Crippen molar-refractivity contribution in [3.05, 3.63) is 39.8 Å². The van der Waals surface area contributed by atoms with Gasteiger partial charge in [-0.3, -0.25) is 4.72 Å². The molecule has 0 atom stereocenters. The molecule has 0 fully saturated rings. The molecule has 27 heavy (non-hydrogen) atoms. The first-order valence-corrected chi connectivity index (χ1v) is 10.7. The summed E-state index contributed by atoms with van der Waals surface area (Å²) in [7, 11) is -3.90. The molecule has 0 amide bonds. The zero-order chi connectivity index (χ0) is 20.0. The van der Waals surface area contributed by atoms with Crippen molar-refractivity contribution >= 4 is 60.0 Å². The van der Waals surface area contributed by atoms with Gasteiger partial charge in [-0.25, -0.2) is 13.1 Å². The minimum absolute atomic E-state index is 0.0271. The number of nitrogen functional groups attached to an aromatic ring is 1. The van der Waals surface area contributed by atoms with E-state index in [1.165, 1.54) is 18.2 Å². The minimum Gasteiger partial charge on any atom is -0.399 e. The van der Waals surface area contributed by atoms with Gasteiger partial charge in [0.1, 0.15) is 10.4 Å². The molecule has 10 heteroatoms. The number of nitrogens with two attached hydrogens (primary N) is 1. The van der Waals surface area contributed by atoms with Gasteiger partial charge in [0.25, 0.3) is 10.0 Å². The maximum Gasteiger partial charge on any atom is 0.263 e. The summed E-state index contributed by atoms with van der Waals surface area (Å²) in [5, 5.41) is 8.42. The SMILES string of the molecule is CC(C)(C)Cn1nnc2c(Br)c(NS(=O)(=O)c3ccc(N)cc3Cl)ccc21. The Kier molecular flexibility index (Phi) is 5.13. The highest BCUT2D eigenvalue weighted by molar-refractivity contribution is 9.10. The number of benzene rings is 2. The van der Waals surface area contributed by atoms with Gasteiger partial charge in [0.05, 0.1) is 20.7 Å². The molecule has 0 aliphatic heterocycles. The Labute approximate surface area is 171 Å². The van der Waals surface area contributed by atoms with E-state index in [-0.39, 0.29) is 15.3 Å². The first-order valence-electron chi connectivity index (χ1n) is 8.07. The van der Waals surface area contributed by atoms with Gasteiger partial charge in [-0.15, -0.1) is 5.10 Å². The number of hydrogen-bond donors (Lipinski definition) is 2. The van der Waals surface area contributed by atoms with Crippen molar-refractivity contribution in [1.29, 1.82) is 0 Å². The van der Waals surface area contributed by atoms with Crippen molar-refractivity contribution in [3.8, 4) is 0 Å². The normalized spacial score (nSPS) is 12.5. The molecular formula is C17H19BrClN5O2S. The van der Waals surface area contributed by atoms with Crippen molar-refractivity contribution < 1.29 is 8.42 Å². The number of fused-ring (bicyclic) bond motifs is 1. The standard InChI is InChI=1S/C17H19BrClN5O2S/c1-17(2,3)9-24-13-6-5-12(15(18)16(13)21-23-24)22-27(25,26)14-7-4-10(20)8-11(14)19/h4-8,22H,9,20H2,1-3H3. The molecule has 3 rings (SSSR count). The second kappa shape index (κ2) is 6.96. The lowest BCUT2D eigenvalue weighted by Crippen LogP contribution is -2.16. The van der Waals surface area contributed by atoms with E-state index in [2.05, 4.69) is 51.7 Å². The second-order valence-corrected chi connectivity index (χ2v) is 10.2. The van der Waals surface area contributed by atoms with Crippen LogP contribution in [0.25, 0.3) is 11.0 Å². The summed E-state index contributed by atoms with van der Waals surface area (Å²) < 4.78 is 30.3. The Hall–Kier alpha value is -1.84. The van der Waals surface area contributed by atoms with Crippen LogP contribution in [0.3, 0.4) is 0 Å². The number of anilines is 2. The fourth-order valence-corrected chi connectivity index (χ4v) is 4.86. The van der Waals surface area contributed by atoms with Crippen LogP contribution in [0.2, 0.25) is 5.02 Å². The van der Waals surface area contributed by atoms with Gasteiger partial charge < -0.3 is 5.73 Å². The van der Waals surface area contributed by atoms with Crippen LogP contribution in [0.4, 0.5) is 11.4 Å². The Morgan fingerprint density at radius 2 is 1.96 bits per heavy atom. The molecule has 1 aromatic heterocycles. The third kappa shape index (κ3) is 4.20. The molecule has 3 N–H and O–H groups in total. The lowest BCUT2D eigenvalue weighted by molar-refractivity contribution is 0.327. The fraction of sp³-hybridized carbons (Fsp3) is 0.294. The van der Waals surface area contributed by atoms with Crippen LogP contribution in [-0.4, -0.2) is 23.4 Å². The van der Waals surface area contributed by atoms with E-state index in [1.807, 2.05) is 0 Å².